The Balaban J connectivity index is 1.82. The van der Waals surface area contributed by atoms with Crippen molar-refractivity contribution in [1.82, 2.24) is 4.90 Å². The molecule has 0 aromatic heterocycles. The molecule has 3 atom stereocenters. The first kappa shape index (κ1) is 15.8. The van der Waals surface area contributed by atoms with Crippen LogP contribution in [0.5, 0.6) is 5.75 Å². The van der Waals surface area contributed by atoms with Crippen LogP contribution in [-0.4, -0.2) is 41.7 Å². The van der Waals surface area contributed by atoms with E-state index in [2.05, 4.69) is 25.7 Å². The van der Waals surface area contributed by atoms with Crippen molar-refractivity contribution in [3.63, 3.8) is 0 Å². The van der Waals surface area contributed by atoms with E-state index in [0.717, 1.165) is 30.7 Å². The topological polar surface area (TPSA) is 49.8 Å². The summed E-state index contributed by atoms with van der Waals surface area (Å²) in [5, 5.41) is 8.85. The van der Waals surface area contributed by atoms with E-state index in [0.29, 0.717) is 12.6 Å². The molecule has 21 heavy (non-hydrogen) atoms. The highest BCUT2D eigenvalue weighted by Crippen LogP contribution is 2.26. The van der Waals surface area contributed by atoms with E-state index >= 15 is 0 Å². The quantitative estimate of drug-likeness (QED) is 0.905. The zero-order chi connectivity index (χ0) is 15.4. The maximum absolute atomic E-state index is 10.8. The fraction of sp³-hybridized carbons (Fsp3) is 0.588. The molecule has 1 saturated heterocycles. The maximum atomic E-state index is 10.8. The number of hydrogen-bond donors (Lipinski definition) is 1. The minimum absolute atomic E-state index is 0.287. The van der Waals surface area contributed by atoms with Crippen LogP contribution in [-0.2, 0) is 0 Å². The van der Waals surface area contributed by atoms with Crippen molar-refractivity contribution in [2.24, 2.45) is 11.8 Å². The summed E-state index contributed by atoms with van der Waals surface area (Å²) in [5.74, 6) is 1.28. The van der Waals surface area contributed by atoms with Gasteiger partial charge >= 0.3 is 5.97 Å². The van der Waals surface area contributed by atoms with E-state index in [1.807, 2.05) is 0 Å². The number of piperidine rings is 1. The Morgan fingerprint density at radius 3 is 2.57 bits per heavy atom. The molecule has 1 aliphatic heterocycles. The fourth-order valence-electron chi connectivity index (χ4n) is 3.10. The fourth-order valence-corrected chi connectivity index (χ4v) is 3.10. The van der Waals surface area contributed by atoms with E-state index in [1.165, 1.54) is 6.42 Å². The Morgan fingerprint density at radius 1 is 1.29 bits per heavy atom. The number of hydrogen-bond acceptors (Lipinski definition) is 3. The lowest BCUT2D eigenvalue weighted by Crippen LogP contribution is -2.47. The highest BCUT2D eigenvalue weighted by atomic mass is 16.5. The standard InChI is InChI=1S/C17H25NO3/c1-12-10-13(2)14(3)18(11-12)8-9-21-16-6-4-15(5-7-16)17(19)20/h4-7,12-14H,8-11H2,1-3H3,(H,19,20). The molecule has 116 valence electrons. The van der Waals surface area contributed by atoms with Crippen molar-refractivity contribution < 1.29 is 14.6 Å². The smallest absolute Gasteiger partial charge is 0.335 e. The molecular weight excluding hydrogens is 266 g/mol. The van der Waals surface area contributed by atoms with Gasteiger partial charge in [-0.05, 0) is 49.4 Å². The summed E-state index contributed by atoms with van der Waals surface area (Å²) in [6.07, 6.45) is 1.30. The van der Waals surface area contributed by atoms with Crippen molar-refractivity contribution in [3.05, 3.63) is 29.8 Å². The van der Waals surface area contributed by atoms with E-state index < -0.39 is 5.97 Å². The highest BCUT2D eigenvalue weighted by Gasteiger charge is 2.28. The van der Waals surface area contributed by atoms with Gasteiger partial charge in [-0.25, -0.2) is 4.79 Å². The average Bonchev–Trinajstić information content (AvgIpc) is 2.44. The summed E-state index contributed by atoms with van der Waals surface area (Å²) >= 11 is 0. The van der Waals surface area contributed by atoms with Crippen molar-refractivity contribution in [2.45, 2.75) is 33.2 Å². The van der Waals surface area contributed by atoms with Crippen LogP contribution in [0.25, 0.3) is 0 Å². The summed E-state index contributed by atoms with van der Waals surface area (Å²) in [5.41, 5.74) is 0.287. The van der Waals surface area contributed by atoms with Gasteiger partial charge in [0.1, 0.15) is 12.4 Å². The van der Waals surface area contributed by atoms with Gasteiger partial charge in [-0.3, -0.25) is 4.90 Å². The molecule has 3 unspecified atom stereocenters. The second-order valence-electron chi connectivity index (χ2n) is 6.23. The summed E-state index contributed by atoms with van der Waals surface area (Å²) in [7, 11) is 0. The van der Waals surface area contributed by atoms with Crippen LogP contribution in [0.1, 0.15) is 37.6 Å². The zero-order valence-corrected chi connectivity index (χ0v) is 13.1. The van der Waals surface area contributed by atoms with Gasteiger partial charge in [0, 0.05) is 19.1 Å². The third-order valence-electron chi connectivity index (χ3n) is 4.47. The molecule has 1 aromatic carbocycles. The summed E-state index contributed by atoms with van der Waals surface area (Å²) in [6.45, 7) is 9.59. The Hall–Kier alpha value is -1.55. The lowest BCUT2D eigenvalue weighted by Gasteiger charge is -2.41. The van der Waals surface area contributed by atoms with Crippen LogP contribution in [0.2, 0.25) is 0 Å². The van der Waals surface area contributed by atoms with Crippen molar-refractivity contribution in [1.29, 1.82) is 0 Å². The van der Waals surface area contributed by atoms with Crippen molar-refractivity contribution in [3.8, 4) is 5.75 Å². The van der Waals surface area contributed by atoms with Crippen LogP contribution in [0, 0.1) is 11.8 Å². The van der Waals surface area contributed by atoms with Crippen LogP contribution >= 0.6 is 0 Å². The lowest BCUT2D eigenvalue weighted by molar-refractivity contribution is 0.0665. The molecule has 1 fully saturated rings. The molecule has 0 amide bonds. The van der Waals surface area contributed by atoms with E-state index in [1.54, 1.807) is 24.3 Å². The minimum atomic E-state index is -0.910. The SMILES string of the molecule is CC1CC(C)C(C)N(CCOc2ccc(C(=O)O)cc2)C1. The number of benzene rings is 1. The molecule has 1 N–H and O–H groups in total. The van der Waals surface area contributed by atoms with Crippen LogP contribution in [0.15, 0.2) is 24.3 Å². The number of carbonyl (C=O) groups is 1. The average molecular weight is 291 g/mol. The summed E-state index contributed by atoms with van der Waals surface area (Å²) < 4.78 is 5.73. The Morgan fingerprint density at radius 2 is 1.95 bits per heavy atom. The van der Waals surface area contributed by atoms with E-state index in [-0.39, 0.29) is 5.56 Å². The first-order valence-corrected chi connectivity index (χ1v) is 7.67. The molecule has 0 bridgehead atoms. The summed E-state index contributed by atoms with van der Waals surface area (Å²) in [6, 6.07) is 7.18. The molecule has 4 nitrogen and oxygen atoms in total. The molecule has 0 radical (unpaired) electrons. The Labute approximate surface area is 126 Å². The van der Waals surface area contributed by atoms with Gasteiger partial charge in [0.2, 0.25) is 0 Å². The van der Waals surface area contributed by atoms with Gasteiger partial charge in [-0.15, -0.1) is 0 Å². The van der Waals surface area contributed by atoms with Gasteiger partial charge in [0.15, 0.2) is 0 Å². The summed E-state index contributed by atoms with van der Waals surface area (Å²) in [4.78, 5) is 13.3. The predicted molar refractivity (Wildman–Crippen MR) is 82.9 cm³/mol. The van der Waals surface area contributed by atoms with Gasteiger partial charge < -0.3 is 9.84 Å². The second kappa shape index (κ2) is 6.94. The monoisotopic (exact) mass is 291 g/mol. The molecule has 4 heteroatoms. The normalized spacial score (nSPS) is 26.5. The van der Waals surface area contributed by atoms with Gasteiger partial charge in [-0.1, -0.05) is 13.8 Å². The van der Waals surface area contributed by atoms with Gasteiger partial charge in [-0.2, -0.15) is 0 Å². The van der Waals surface area contributed by atoms with Crippen molar-refractivity contribution in [2.75, 3.05) is 19.7 Å². The Kier molecular flexibility index (Phi) is 5.23. The number of rotatable bonds is 5. The van der Waals surface area contributed by atoms with Gasteiger partial charge in [0.25, 0.3) is 0 Å². The van der Waals surface area contributed by atoms with Crippen LogP contribution < -0.4 is 4.74 Å². The van der Waals surface area contributed by atoms with Crippen LogP contribution in [0.3, 0.4) is 0 Å². The lowest BCUT2D eigenvalue weighted by atomic mass is 9.86. The van der Waals surface area contributed by atoms with Crippen molar-refractivity contribution >= 4 is 5.97 Å². The third kappa shape index (κ3) is 4.21. The maximum Gasteiger partial charge on any atom is 0.335 e. The molecule has 1 aromatic rings. The number of aromatic carboxylic acids is 1. The second-order valence-corrected chi connectivity index (χ2v) is 6.23. The zero-order valence-electron chi connectivity index (χ0n) is 13.1. The molecule has 0 aliphatic carbocycles. The molecule has 0 saturated carbocycles. The van der Waals surface area contributed by atoms with Crippen LogP contribution in [0.4, 0.5) is 0 Å². The molecule has 1 aliphatic rings. The Bertz CT molecular complexity index is 471. The minimum Gasteiger partial charge on any atom is -0.492 e. The largest absolute Gasteiger partial charge is 0.492 e. The van der Waals surface area contributed by atoms with E-state index in [9.17, 15) is 4.79 Å². The molecule has 1 heterocycles. The number of carboxylic acids is 1. The van der Waals surface area contributed by atoms with Gasteiger partial charge in [0.05, 0.1) is 5.56 Å². The number of ether oxygens (including phenoxy) is 1. The first-order valence-electron chi connectivity index (χ1n) is 7.67. The van der Waals surface area contributed by atoms with E-state index in [4.69, 9.17) is 9.84 Å². The molecule has 2 rings (SSSR count). The predicted octanol–water partition coefficient (Wildman–Crippen LogP) is 3.13. The third-order valence-corrected chi connectivity index (χ3v) is 4.47. The number of nitrogens with zero attached hydrogens (tertiary/aromatic N) is 1. The number of likely N-dealkylation sites (tertiary alicyclic amines) is 1. The number of carboxylic acid groups (broad SMARTS) is 1. The highest BCUT2D eigenvalue weighted by molar-refractivity contribution is 5.87. The first-order chi connectivity index (χ1) is 9.97. The molecule has 0 spiro atoms. The molecular formula is C17H25NO3.